The van der Waals surface area contributed by atoms with Crippen molar-refractivity contribution in [3.63, 3.8) is 0 Å². The van der Waals surface area contributed by atoms with Crippen molar-refractivity contribution in [1.82, 2.24) is 9.80 Å². The van der Waals surface area contributed by atoms with E-state index in [9.17, 15) is 4.79 Å². The zero-order chi connectivity index (χ0) is 23.4. The van der Waals surface area contributed by atoms with Crippen LogP contribution in [0.5, 0.6) is 0 Å². The molecule has 177 valence electrons. The highest BCUT2D eigenvalue weighted by Gasteiger charge is 2.30. The topological polar surface area (TPSA) is 68.0 Å². The number of ether oxygens (including phenoxy) is 2. The minimum absolute atomic E-state index is 0.217. The van der Waals surface area contributed by atoms with Gasteiger partial charge in [0.05, 0.1) is 22.5 Å². The molecular formula is C24H37ClN3O3Si. The van der Waals surface area contributed by atoms with E-state index in [-0.39, 0.29) is 12.2 Å². The van der Waals surface area contributed by atoms with Gasteiger partial charge < -0.3 is 25.0 Å². The number of rotatable bonds is 6. The lowest BCUT2D eigenvalue weighted by atomic mass is 10.0. The Morgan fingerprint density at radius 1 is 1.06 bits per heavy atom. The molecule has 1 amide bonds. The van der Waals surface area contributed by atoms with Gasteiger partial charge in [-0.1, -0.05) is 23.7 Å². The summed E-state index contributed by atoms with van der Waals surface area (Å²) in [6.45, 7) is 10.1. The third-order valence-electron chi connectivity index (χ3n) is 6.19. The van der Waals surface area contributed by atoms with E-state index in [1.807, 2.05) is 45.0 Å². The average molecular weight is 479 g/mol. The maximum atomic E-state index is 12.2. The lowest BCUT2D eigenvalue weighted by Crippen LogP contribution is -2.46. The number of carbonyl (C=O) groups is 1. The number of benzene rings is 1. The largest absolute Gasteiger partial charge is 0.444 e. The normalized spacial score (nSPS) is 21.4. The Balaban J connectivity index is 1.35. The van der Waals surface area contributed by atoms with Crippen molar-refractivity contribution < 1.29 is 14.3 Å². The van der Waals surface area contributed by atoms with Gasteiger partial charge in [0.2, 0.25) is 0 Å². The second kappa shape index (κ2) is 10.9. The van der Waals surface area contributed by atoms with E-state index in [1.165, 1.54) is 0 Å². The van der Waals surface area contributed by atoms with Crippen LogP contribution in [0.25, 0.3) is 0 Å². The molecule has 2 fully saturated rings. The molecule has 1 atom stereocenters. The molecule has 1 aromatic carbocycles. The average Bonchev–Trinajstić information content (AvgIpc) is 2.73. The molecule has 0 saturated carbocycles. The van der Waals surface area contributed by atoms with Crippen molar-refractivity contribution in [3.8, 4) is 0 Å². The molecule has 3 radical (unpaired) electrons. The zero-order valence-electron chi connectivity index (χ0n) is 19.6. The Hall–Kier alpha value is -1.12. The summed E-state index contributed by atoms with van der Waals surface area (Å²) < 4.78 is 11.9. The number of piperidine rings is 2. The standard InChI is InChI=1S/C24H37ClN3O3Si/c1-23(2,3)31-22(29)28-15-10-21(11-16-28)30-20-8-13-27(14-9-20)17-12-24(26,32)18-4-6-19(25)7-5-18/h4-7,20-21H,8-17,26H2,1-3H3/t24-/m0/s1. The van der Waals surface area contributed by atoms with Crippen LogP contribution in [-0.2, 0) is 14.6 Å². The summed E-state index contributed by atoms with van der Waals surface area (Å²) in [5.41, 5.74) is 7.09. The number of likely N-dealkylation sites (tertiary alicyclic amines) is 2. The van der Waals surface area contributed by atoms with Crippen molar-refractivity contribution in [1.29, 1.82) is 0 Å². The lowest BCUT2D eigenvalue weighted by Gasteiger charge is -2.38. The monoisotopic (exact) mass is 478 g/mol. The van der Waals surface area contributed by atoms with E-state index in [4.69, 9.17) is 26.8 Å². The van der Waals surface area contributed by atoms with Gasteiger partial charge in [0.25, 0.3) is 0 Å². The number of hydrogen-bond donors (Lipinski definition) is 1. The number of carbonyl (C=O) groups excluding carboxylic acids is 1. The molecular weight excluding hydrogens is 442 g/mol. The van der Waals surface area contributed by atoms with E-state index in [1.54, 1.807) is 4.90 Å². The van der Waals surface area contributed by atoms with E-state index in [0.29, 0.717) is 24.2 Å². The first kappa shape index (κ1) is 25.5. The van der Waals surface area contributed by atoms with Crippen LogP contribution in [0.3, 0.4) is 0 Å². The first-order valence-electron chi connectivity index (χ1n) is 11.7. The fourth-order valence-electron chi connectivity index (χ4n) is 4.27. The van der Waals surface area contributed by atoms with Crippen molar-refractivity contribution in [3.05, 3.63) is 34.9 Å². The van der Waals surface area contributed by atoms with Gasteiger partial charge in [-0.15, -0.1) is 0 Å². The predicted molar refractivity (Wildman–Crippen MR) is 129 cm³/mol. The molecule has 2 heterocycles. The number of hydrogen-bond acceptors (Lipinski definition) is 5. The van der Waals surface area contributed by atoms with Gasteiger partial charge in [-0.05, 0) is 77.1 Å². The fourth-order valence-corrected chi connectivity index (χ4v) is 4.67. The van der Waals surface area contributed by atoms with Crippen LogP contribution in [0.2, 0.25) is 5.02 Å². The minimum Gasteiger partial charge on any atom is -0.444 e. The van der Waals surface area contributed by atoms with Crippen LogP contribution in [0.15, 0.2) is 24.3 Å². The number of nitrogens with two attached hydrogens (primary N) is 1. The smallest absolute Gasteiger partial charge is 0.410 e. The molecule has 0 unspecified atom stereocenters. The highest BCUT2D eigenvalue weighted by molar-refractivity contribution is 6.30. The Morgan fingerprint density at radius 2 is 1.59 bits per heavy atom. The van der Waals surface area contributed by atoms with Crippen LogP contribution in [-0.4, -0.2) is 76.7 Å². The lowest BCUT2D eigenvalue weighted by molar-refractivity contribution is -0.0664. The summed E-state index contributed by atoms with van der Waals surface area (Å²) >= 11 is 5.99. The quantitative estimate of drug-likeness (QED) is 0.628. The molecule has 2 N–H and O–H groups in total. The zero-order valence-corrected chi connectivity index (χ0v) is 21.4. The molecule has 1 aromatic rings. The Bertz CT molecular complexity index is 738. The van der Waals surface area contributed by atoms with Crippen molar-refractivity contribution in [2.24, 2.45) is 5.73 Å². The van der Waals surface area contributed by atoms with Gasteiger partial charge in [-0.25, -0.2) is 4.79 Å². The van der Waals surface area contributed by atoms with Gasteiger partial charge in [-0.2, -0.15) is 0 Å². The Morgan fingerprint density at radius 3 is 2.12 bits per heavy atom. The highest BCUT2D eigenvalue weighted by Crippen LogP contribution is 2.25. The number of amides is 1. The van der Waals surface area contributed by atoms with Gasteiger partial charge >= 0.3 is 6.09 Å². The van der Waals surface area contributed by atoms with E-state index >= 15 is 0 Å². The molecule has 2 aliphatic rings. The van der Waals surface area contributed by atoms with Gasteiger partial charge in [0.1, 0.15) is 5.60 Å². The Labute approximate surface area is 201 Å². The maximum absolute atomic E-state index is 12.2. The number of nitrogens with zero attached hydrogens (tertiary/aromatic N) is 2. The van der Waals surface area contributed by atoms with Gasteiger partial charge in [0, 0.05) is 36.4 Å². The molecule has 6 nitrogen and oxygen atoms in total. The van der Waals surface area contributed by atoms with Crippen LogP contribution in [0, 0.1) is 0 Å². The SMILES string of the molecule is CC(C)(C)OC(=O)N1CCC(OC2CCN(CC[C@](N)([Si])c3ccc(Cl)cc3)CC2)CC1. The molecule has 2 saturated heterocycles. The van der Waals surface area contributed by atoms with Crippen LogP contribution < -0.4 is 5.73 Å². The minimum atomic E-state index is -0.556. The molecule has 0 aromatic heterocycles. The van der Waals surface area contributed by atoms with Crippen LogP contribution in [0.4, 0.5) is 4.79 Å². The van der Waals surface area contributed by atoms with Crippen LogP contribution in [0.1, 0.15) is 58.4 Å². The molecule has 0 spiro atoms. The van der Waals surface area contributed by atoms with Crippen molar-refractivity contribution >= 4 is 27.9 Å². The maximum Gasteiger partial charge on any atom is 0.410 e. The molecule has 32 heavy (non-hydrogen) atoms. The first-order chi connectivity index (χ1) is 15.0. The third kappa shape index (κ3) is 7.73. The molecule has 8 heteroatoms. The summed E-state index contributed by atoms with van der Waals surface area (Å²) in [5, 5.41) is 0.161. The number of halogens is 1. The molecule has 2 aliphatic heterocycles. The fraction of sp³-hybridized carbons (Fsp3) is 0.708. The summed E-state index contributed by atoms with van der Waals surface area (Å²) in [7, 11) is 3.76. The second-order valence-corrected chi connectivity index (χ2v) is 11.4. The second-order valence-electron chi connectivity index (χ2n) is 10.1. The first-order valence-corrected chi connectivity index (χ1v) is 12.6. The predicted octanol–water partition coefficient (Wildman–Crippen LogP) is 3.89. The summed E-state index contributed by atoms with van der Waals surface area (Å²) in [6.07, 6.45) is 4.95. The van der Waals surface area contributed by atoms with Gasteiger partial charge in [-0.3, -0.25) is 0 Å². The van der Waals surface area contributed by atoms with Crippen LogP contribution >= 0.6 is 11.6 Å². The van der Waals surface area contributed by atoms with Gasteiger partial charge in [0.15, 0.2) is 0 Å². The molecule has 0 bridgehead atoms. The third-order valence-corrected chi connectivity index (χ3v) is 6.99. The van der Waals surface area contributed by atoms with E-state index < -0.39 is 10.8 Å². The van der Waals surface area contributed by atoms with Crippen molar-refractivity contribution in [2.75, 3.05) is 32.7 Å². The molecule has 3 rings (SSSR count). The van der Waals surface area contributed by atoms with E-state index in [2.05, 4.69) is 15.1 Å². The summed E-state index contributed by atoms with van der Waals surface area (Å²) in [6, 6.07) is 7.70. The highest BCUT2D eigenvalue weighted by atomic mass is 35.5. The summed E-state index contributed by atoms with van der Waals surface area (Å²) in [4.78, 5) is 16.5. The summed E-state index contributed by atoms with van der Waals surface area (Å²) in [5.74, 6) is 0. The van der Waals surface area contributed by atoms with Crippen molar-refractivity contribution in [2.45, 2.75) is 75.8 Å². The molecule has 0 aliphatic carbocycles. The van der Waals surface area contributed by atoms with E-state index in [0.717, 1.165) is 57.3 Å². The Kier molecular flexibility index (Phi) is 8.66.